The molecule has 0 amide bonds. The van der Waals surface area contributed by atoms with E-state index in [0.29, 0.717) is 34.9 Å². The molecule has 0 aliphatic heterocycles. The SMILES string of the molecule is CC(C)C1CC(C)C(C)C(C)(C)C1C.CC(C)C1CC(C)C(OC2CC(C)C(C)C(C)(C)C2C)C(C)(C)C1C. The van der Waals surface area contributed by atoms with E-state index in [9.17, 15) is 0 Å². The largest absolute Gasteiger partial charge is 0.374 e. The molecule has 3 aliphatic carbocycles. The summed E-state index contributed by atoms with van der Waals surface area (Å²) in [4.78, 5) is 0. The molecule has 0 saturated heterocycles. The van der Waals surface area contributed by atoms with Crippen molar-refractivity contribution in [2.75, 3.05) is 0 Å². The van der Waals surface area contributed by atoms with Crippen LogP contribution < -0.4 is 0 Å². The minimum atomic E-state index is 0.253. The summed E-state index contributed by atoms with van der Waals surface area (Å²) in [5, 5.41) is 0. The number of ether oxygens (including phenoxy) is 1. The third-order valence-electron chi connectivity index (χ3n) is 14.6. The molecule has 0 aromatic rings. The fraction of sp³-hybridized carbons (Fsp3) is 1.00. The zero-order chi connectivity index (χ0) is 30.4. The molecule has 0 heterocycles. The Morgan fingerprint density at radius 3 is 1.26 bits per heavy atom. The third-order valence-corrected chi connectivity index (χ3v) is 14.6. The Bertz CT molecular complexity index is 759. The highest BCUT2D eigenvalue weighted by Crippen LogP contribution is 2.54. The van der Waals surface area contributed by atoms with Gasteiger partial charge in [-0.3, -0.25) is 0 Å². The van der Waals surface area contributed by atoms with Gasteiger partial charge in [-0.1, -0.05) is 125 Å². The van der Waals surface area contributed by atoms with Crippen LogP contribution in [0, 0.1) is 87.3 Å². The normalized spacial score (nSPS) is 45.5. The average molecular weight is 547 g/mol. The topological polar surface area (TPSA) is 9.23 Å². The van der Waals surface area contributed by atoms with Crippen molar-refractivity contribution < 1.29 is 4.74 Å². The van der Waals surface area contributed by atoms with Gasteiger partial charge in [-0.15, -0.1) is 0 Å². The Hall–Kier alpha value is -0.0400. The van der Waals surface area contributed by atoms with E-state index in [0.717, 1.165) is 59.2 Å². The smallest absolute Gasteiger partial charge is 0.0658 e. The Balaban J connectivity index is 0.000000322. The summed E-state index contributed by atoms with van der Waals surface area (Å²) < 4.78 is 7.02. The summed E-state index contributed by atoms with van der Waals surface area (Å²) in [6.07, 6.45) is 4.79. The quantitative estimate of drug-likeness (QED) is 0.340. The van der Waals surface area contributed by atoms with Crippen LogP contribution in [0.2, 0.25) is 0 Å². The van der Waals surface area contributed by atoms with E-state index in [1.807, 2.05) is 0 Å². The molecule has 0 N–H and O–H groups in total. The summed E-state index contributed by atoms with van der Waals surface area (Å²) in [7, 11) is 0. The van der Waals surface area contributed by atoms with Gasteiger partial charge in [-0.2, -0.15) is 0 Å². The van der Waals surface area contributed by atoms with Gasteiger partial charge in [0.25, 0.3) is 0 Å². The molecule has 3 saturated carbocycles. The molecule has 3 fully saturated rings. The van der Waals surface area contributed by atoms with E-state index in [1.165, 1.54) is 19.3 Å². The maximum atomic E-state index is 7.02. The lowest BCUT2D eigenvalue weighted by Gasteiger charge is -2.56. The summed E-state index contributed by atoms with van der Waals surface area (Å²) in [5.41, 5.74) is 1.13. The van der Waals surface area contributed by atoms with Crippen LogP contribution in [0.3, 0.4) is 0 Å². The first-order chi connectivity index (χ1) is 17.6. The predicted molar refractivity (Wildman–Crippen MR) is 174 cm³/mol. The van der Waals surface area contributed by atoms with Crippen LogP contribution >= 0.6 is 0 Å². The van der Waals surface area contributed by atoms with Gasteiger partial charge in [0.15, 0.2) is 0 Å². The molecule has 0 spiro atoms. The van der Waals surface area contributed by atoms with Crippen molar-refractivity contribution >= 4 is 0 Å². The van der Waals surface area contributed by atoms with E-state index < -0.39 is 0 Å². The van der Waals surface area contributed by atoms with E-state index in [4.69, 9.17) is 4.74 Å². The van der Waals surface area contributed by atoms with Crippen LogP contribution in [0.25, 0.3) is 0 Å². The second-order valence-corrected chi connectivity index (χ2v) is 18.0. The van der Waals surface area contributed by atoms with Gasteiger partial charge < -0.3 is 4.74 Å². The lowest BCUT2D eigenvalue weighted by Crippen LogP contribution is -2.54. The molecule has 39 heavy (non-hydrogen) atoms. The van der Waals surface area contributed by atoms with Gasteiger partial charge in [0.2, 0.25) is 0 Å². The molecule has 1 nitrogen and oxygen atoms in total. The first-order valence-corrected chi connectivity index (χ1v) is 17.2. The van der Waals surface area contributed by atoms with Crippen LogP contribution in [0.4, 0.5) is 0 Å². The molecular weight excluding hydrogens is 472 g/mol. The fourth-order valence-electron chi connectivity index (χ4n) is 9.61. The molecule has 12 atom stereocenters. The molecule has 0 bridgehead atoms. The van der Waals surface area contributed by atoms with Crippen molar-refractivity contribution in [3.8, 4) is 0 Å². The second kappa shape index (κ2) is 12.7. The highest BCUT2D eigenvalue weighted by molar-refractivity contribution is 4.99. The third kappa shape index (κ3) is 6.96. The van der Waals surface area contributed by atoms with Crippen LogP contribution in [-0.2, 0) is 4.74 Å². The van der Waals surface area contributed by atoms with Crippen molar-refractivity contribution in [2.45, 2.75) is 156 Å². The maximum Gasteiger partial charge on any atom is 0.0658 e. The number of rotatable bonds is 4. The van der Waals surface area contributed by atoms with Crippen LogP contribution in [0.1, 0.15) is 144 Å². The van der Waals surface area contributed by atoms with Gasteiger partial charge >= 0.3 is 0 Å². The molecule has 0 aromatic heterocycles. The molecule has 232 valence electrons. The van der Waals surface area contributed by atoms with Crippen molar-refractivity contribution in [1.29, 1.82) is 0 Å². The number of hydrogen-bond donors (Lipinski definition) is 0. The van der Waals surface area contributed by atoms with E-state index in [1.54, 1.807) is 0 Å². The van der Waals surface area contributed by atoms with Crippen molar-refractivity contribution in [1.82, 2.24) is 0 Å². The van der Waals surface area contributed by atoms with Gasteiger partial charge in [0.05, 0.1) is 12.2 Å². The van der Waals surface area contributed by atoms with Crippen molar-refractivity contribution in [3.05, 3.63) is 0 Å². The Morgan fingerprint density at radius 1 is 0.462 bits per heavy atom. The van der Waals surface area contributed by atoms with Gasteiger partial charge in [0.1, 0.15) is 0 Å². The molecule has 3 aliphatic rings. The van der Waals surface area contributed by atoms with Gasteiger partial charge in [-0.25, -0.2) is 0 Å². The Labute approximate surface area is 247 Å². The Morgan fingerprint density at radius 2 is 0.821 bits per heavy atom. The van der Waals surface area contributed by atoms with Crippen molar-refractivity contribution in [2.24, 2.45) is 87.3 Å². The first kappa shape index (κ1) is 35.2. The Kier molecular flexibility index (Phi) is 11.4. The average Bonchev–Trinajstić information content (AvgIpc) is 2.82. The zero-order valence-corrected chi connectivity index (χ0v) is 30.1. The van der Waals surface area contributed by atoms with Crippen LogP contribution in [0.15, 0.2) is 0 Å². The highest BCUT2D eigenvalue weighted by Gasteiger charge is 2.51. The molecule has 1 heteroatoms. The van der Waals surface area contributed by atoms with Gasteiger partial charge in [0, 0.05) is 0 Å². The standard InChI is InChI=1S/C24H46O.C14H28/c1-14(2)20-12-16(4)22(24(10,11)18(20)6)25-21-13-15(3)17(5)23(8,9)19(21)7;1-9(2)13-8-10(3)11(4)14(6,7)12(13)5/h14-22H,12-13H2,1-11H3;9-13H,8H2,1-7H3. The van der Waals surface area contributed by atoms with Crippen LogP contribution in [-0.4, -0.2) is 12.2 Å². The van der Waals surface area contributed by atoms with E-state index in [2.05, 4.69) is 125 Å². The van der Waals surface area contributed by atoms with Crippen molar-refractivity contribution in [3.63, 3.8) is 0 Å². The summed E-state index contributed by atoms with van der Waals surface area (Å²) in [6, 6.07) is 0. The molecule has 0 radical (unpaired) electrons. The monoisotopic (exact) mass is 547 g/mol. The molecule has 3 rings (SSSR count). The highest BCUT2D eigenvalue weighted by atomic mass is 16.5. The van der Waals surface area contributed by atoms with Crippen LogP contribution in [0.5, 0.6) is 0 Å². The minimum absolute atomic E-state index is 0.253. The number of hydrogen-bond acceptors (Lipinski definition) is 1. The molecule has 12 unspecified atom stereocenters. The first-order valence-electron chi connectivity index (χ1n) is 17.2. The summed E-state index contributed by atoms with van der Waals surface area (Å²) in [6.45, 7) is 44.0. The zero-order valence-electron chi connectivity index (χ0n) is 30.1. The lowest BCUT2D eigenvalue weighted by molar-refractivity contribution is -0.195. The fourth-order valence-corrected chi connectivity index (χ4v) is 9.61. The van der Waals surface area contributed by atoms with E-state index in [-0.39, 0.29) is 5.41 Å². The predicted octanol–water partition coefficient (Wildman–Crippen LogP) is 11.6. The maximum absolute atomic E-state index is 7.02. The second-order valence-electron chi connectivity index (χ2n) is 18.0. The van der Waals surface area contributed by atoms with E-state index >= 15 is 0 Å². The molecular formula is C38H74O. The lowest BCUT2D eigenvalue weighted by atomic mass is 9.54. The summed E-state index contributed by atoms with van der Waals surface area (Å²) in [5.74, 6) is 9.52. The minimum Gasteiger partial charge on any atom is -0.374 e. The summed E-state index contributed by atoms with van der Waals surface area (Å²) >= 11 is 0. The molecule has 0 aromatic carbocycles. The van der Waals surface area contributed by atoms with Gasteiger partial charge in [-0.05, 0) is 107 Å².